The molecule has 0 aliphatic heterocycles. The van der Waals surface area contributed by atoms with Crippen LogP contribution >= 0.6 is 11.6 Å². The molecule has 25 heavy (non-hydrogen) atoms. The first-order valence-electron chi connectivity index (χ1n) is 7.73. The van der Waals surface area contributed by atoms with Crippen molar-refractivity contribution in [1.82, 2.24) is 8.97 Å². The fourth-order valence-corrected chi connectivity index (χ4v) is 3.12. The van der Waals surface area contributed by atoms with Gasteiger partial charge in [-0.3, -0.25) is 9.36 Å². The first-order valence-corrected chi connectivity index (χ1v) is 9.21. The van der Waals surface area contributed by atoms with Gasteiger partial charge >= 0.3 is 0 Å². The van der Waals surface area contributed by atoms with E-state index < -0.39 is 16.1 Å². The van der Waals surface area contributed by atoms with Gasteiger partial charge in [0.25, 0.3) is 5.56 Å². The average molecular weight is 376 g/mol. The molecule has 0 saturated carbocycles. The Morgan fingerprint density at radius 3 is 2.52 bits per heavy atom. The van der Waals surface area contributed by atoms with Crippen LogP contribution in [0.5, 0.6) is 0 Å². The molecule has 0 aliphatic rings. The van der Waals surface area contributed by atoms with E-state index in [9.17, 15) is 9.35 Å². The summed E-state index contributed by atoms with van der Waals surface area (Å²) in [6.45, 7) is 5.54. The first kappa shape index (κ1) is 17.8. The summed E-state index contributed by atoms with van der Waals surface area (Å²) in [5, 5.41) is 0.386. The van der Waals surface area contributed by atoms with E-state index in [4.69, 9.17) is 11.6 Å². The maximum atomic E-state index is 13.0. The summed E-state index contributed by atoms with van der Waals surface area (Å²) in [6, 6.07) is 10.9. The highest BCUT2D eigenvalue weighted by Gasteiger charge is 2.26. The van der Waals surface area contributed by atoms with Gasteiger partial charge in [-0.25, -0.2) is 0 Å². The highest BCUT2D eigenvalue weighted by Crippen LogP contribution is 2.19. The molecule has 0 aliphatic carbocycles. The van der Waals surface area contributed by atoms with Gasteiger partial charge in [-0.2, -0.15) is 0 Å². The molecule has 0 saturated heterocycles. The summed E-state index contributed by atoms with van der Waals surface area (Å²) < 4.78 is 19.1. The molecule has 0 N–H and O–H groups in total. The topological polar surface area (TPSA) is 61.8 Å². The van der Waals surface area contributed by atoms with Gasteiger partial charge in [-0.15, -0.1) is 0 Å². The van der Waals surface area contributed by atoms with Crippen molar-refractivity contribution < 1.29 is 4.55 Å². The van der Waals surface area contributed by atoms with Crippen molar-refractivity contribution in [2.24, 2.45) is 4.40 Å². The Balaban J connectivity index is 2.23. The summed E-state index contributed by atoms with van der Waals surface area (Å²) >= 11 is 4.74. The number of fused-ring (bicyclic) bond motifs is 1. The van der Waals surface area contributed by atoms with Gasteiger partial charge < -0.3 is 8.95 Å². The van der Waals surface area contributed by atoms with Crippen molar-refractivity contribution in [2.75, 3.05) is 0 Å². The van der Waals surface area contributed by atoms with E-state index in [0.717, 1.165) is 0 Å². The van der Waals surface area contributed by atoms with Crippen molar-refractivity contribution in [1.29, 1.82) is 0 Å². The number of para-hydroxylation sites is 1. The summed E-state index contributed by atoms with van der Waals surface area (Å²) in [5.74, 6) is 0. The summed E-state index contributed by atoms with van der Waals surface area (Å²) in [7, 11) is 0. The molecule has 0 radical (unpaired) electrons. The van der Waals surface area contributed by atoms with Crippen LogP contribution in [0.15, 0.2) is 58.0 Å². The monoisotopic (exact) mass is 375 g/mol. The van der Waals surface area contributed by atoms with Gasteiger partial charge in [-0.1, -0.05) is 34.2 Å². The lowest BCUT2D eigenvalue weighted by Gasteiger charge is -2.18. The third-order valence-electron chi connectivity index (χ3n) is 3.62. The Morgan fingerprint density at radius 2 is 1.88 bits per heavy atom. The Hall–Kier alpha value is -2.02. The molecule has 0 amide bonds. The second-order valence-electron chi connectivity index (χ2n) is 6.55. The molecule has 1 unspecified atom stereocenters. The fraction of sp³-hybridized carbons (Fsp3) is 0.222. The number of nitrogens with zero attached hydrogens (tertiary/aromatic N) is 3. The Morgan fingerprint density at radius 1 is 1.20 bits per heavy atom. The molecule has 3 rings (SSSR count). The lowest BCUT2D eigenvalue weighted by molar-refractivity contribution is 0.561. The molecular formula is C18H18ClN3O2S. The normalized spacial score (nSPS) is 13.6. The smallest absolute Gasteiger partial charge is 0.281 e. The van der Waals surface area contributed by atoms with Crippen LogP contribution in [-0.4, -0.2) is 24.5 Å². The number of hydrogen-bond donors (Lipinski definition) is 0. The molecular weight excluding hydrogens is 358 g/mol. The van der Waals surface area contributed by atoms with Gasteiger partial charge in [0, 0.05) is 18.1 Å². The minimum absolute atomic E-state index is 0.258. The quantitative estimate of drug-likeness (QED) is 0.518. The predicted molar refractivity (Wildman–Crippen MR) is 103 cm³/mol. The average Bonchev–Trinajstić information content (AvgIpc) is 2.94. The summed E-state index contributed by atoms with van der Waals surface area (Å²) in [4.78, 5) is 13.0. The highest BCUT2D eigenvalue weighted by molar-refractivity contribution is 7.91. The molecule has 1 atom stereocenters. The van der Waals surface area contributed by atoms with Crippen LogP contribution in [0.2, 0.25) is 5.02 Å². The van der Waals surface area contributed by atoms with Crippen LogP contribution in [0.4, 0.5) is 0 Å². The van der Waals surface area contributed by atoms with Crippen LogP contribution in [0.3, 0.4) is 0 Å². The van der Waals surface area contributed by atoms with E-state index in [1.165, 1.54) is 10.8 Å². The number of hydrogen-bond acceptors (Lipinski definition) is 3. The standard InChI is InChI=1S/C18H18ClN3O2S/c1-18(2,3)25(24)20-11-14-12-21-10-9-15(19)16(21)17(23)22(14)13-7-5-4-6-8-13/h4-12H,1-3H3/b20-11+. The molecule has 2 aromatic heterocycles. The van der Waals surface area contributed by atoms with Gasteiger partial charge in [0.1, 0.15) is 27.8 Å². The van der Waals surface area contributed by atoms with E-state index in [2.05, 4.69) is 4.40 Å². The Kier molecular flexibility index (Phi) is 4.77. The van der Waals surface area contributed by atoms with Gasteiger partial charge in [-0.05, 0) is 39.0 Å². The number of halogens is 1. The van der Waals surface area contributed by atoms with Crippen LogP contribution in [0.25, 0.3) is 11.2 Å². The molecule has 130 valence electrons. The zero-order valence-electron chi connectivity index (χ0n) is 14.1. The molecule has 0 bridgehead atoms. The lowest BCUT2D eigenvalue weighted by Crippen LogP contribution is -2.27. The van der Waals surface area contributed by atoms with Crippen LogP contribution < -0.4 is 5.56 Å². The van der Waals surface area contributed by atoms with E-state index in [-0.39, 0.29) is 5.56 Å². The Bertz CT molecular complexity index is 987. The van der Waals surface area contributed by atoms with Gasteiger partial charge in [0.15, 0.2) is 0 Å². The zero-order valence-corrected chi connectivity index (χ0v) is 15.7. The third-order valence-corrected chi connectivity index (χ3v) is 5.27. The molecule has 0 fully saturated rings. The second kappa shape index (κ2) is 6.71. The first-order chi connectivity index (χ1) is 11.8. The maximum absolute atomic E-state index is 13.0. The molecule has 3 aromatic rings. The number of aromatic nitrogens is 2. The van der Waals surface area contributed by atoms with E-state index >= 15 is 0 Å². The van der Waals surface area contributed by atoms with Crippen LogP contribution in [0, 0.1) is 0 Å². The third kappa shape index (κ3) is 3.51. The predicted octanol–water partition coefficient (Wildman–Crippen LogP) is 3.62. The SMILES string of the molecule is CC(C)(C)[S+]([O-])/N=C/c1cn2ccc(Cl)c2c(=O)n1-c1ccccc1. The summed E-state index contributed by atoms with van der Waals surface area (Å²) in [6.07, 6.45) is 4.94. The van der Waals surface area contributed by atoms with Crippen molar-refractivity contribution in [2.45, 2.75) is 25.5 Å². The Labute approximate surface area is 153 Å². The van der Waals surface area contributed by atoms with E-state index in [0.29, 0.717) is 21.9 Å². The lowest BCUT2D eigenvalue weighted by atomic mass is 10.3. The molecule has 7 heteroatoms. The van der Waals surface area contributed by atoms with Crippen LogP contribution in [-0.2, 0) is 11.4 Å². The minimum Gasteiger partial charge on any atom is -0.591 e. The van der Waals surface area contributed by atoms with Crippen molar-refractivity contribution in [3.63, 3.8) is 0 Å². The molecule has 0 spiro atoms. The largest absolute Gasteiger partial charge is 0.591 e. The highest BCUT2D eigenvalue weighted by atomic mass is 35.5. The van der Waals surface area contributed by atoms with Crippen molar-refractivity contribution >= 4 is 34.7 Å². The molecule has 2 heterocycles. The van der Waals surface area contributed by atoms with Gasteiger partial charge in [0.2, 0.25) is 0 Å². The zero-order chi connectivity index (χ0) is 18.2. The van der Waals surface area contributed by atoms with Gasteiger partial charge in [0.05, 0.1) is 10.7 Å². The van der Waals surface area contributed by atoms with E-state index in [1.807, 2.05) is 51.1 Å². The summed E-state index contributed by atoms with van der Waals surface area (Å²) in [5.41, 5.74) is 1.34. The minimum atomic E-state index is -1.42. The second-order valence-corrected chi connectivity index (χ2v) is 8.89. The fourth-order valence-electron chi connectivity index (χ4n) is 2.36. The van der Waals surface area contributed by atoms with Crippen LogP contribution in [0.1, 0.15) is 26.5 Å². The number of benzene rings is 1. The van der Waals surface area contributed by atoms with Crippen molar-refractivity contribution in [3.8, 4) is 5.69 Å². The van der Waals surface area contributed by atoms with Crippen molar-refractivity contribution in [3.05, 3.63) is 69.9 Å². The molecule has 1 aromatic carbocycles. The molecule has 5 nitrogen and oxygen atoms in total. The number of rotatable bonds is 3. The van der Waals surface area contributed by atoms with E-state index in [1.54, 1.807) is 22.9 Å². The maximum Gasteiger partial charge on any atom is 0.281 e.